The zero-order chi connectivity index (χ0) is 18.4. The third kappa shape index (κ3) is 4.14. The predicted molar refractivity (Wildman–Crippen MR) is 101 cm³/mol. The molecule has 0 fully saturated rings. The average molecular weight is 350 g/mol. The van der Waals surface area contributed by atoms with E-state index in [0.29, 0.717) is 36.4 Å². The van der Waals surface area contributed by atoms with Gasteiger partial charge in [-0.1, -0.05) is 60.7 Å². The van der Waals surface area contributed by atoms with Crippen LogP contribution in [0.3, 0.4) is 0 Å². The second kappa shape index (κ2) is 8.67. The number of aliphatic hydroxyl groups excluding tert-OH is 1. The van der Waals surface area contributed by atoms with Crippen molar-refractivity contribution in [3.63, 3.8) is 0 Å². The summed E-state index contributed by atoms with van der Waals surface area (Å²) in [4.78, 5) is 17.2. The van der Waals surface area contributed by atoms with Gasteiger partial charge in [-0.15, -0.1) is 0 Å². The maximum Gasteiger partial charge on any atom is 0.195 e. The van der Waals surface area contributed by atoms with Gasteiger partial charge in [-0.3, -0.25) is 9.79 Å². The highest BCUT2D eigenvalue weighted by Crippen LogP contribution is 2.30. The Bertz CT molecular complexity index is 801. The van der Waals surface area contributed by atoms with Crippen molar-refractivity contribution >= 4 is 12.0 Å². The number of nitrogens with zero attached hydrogens (tertiary/aromatic N) is 1. The molecule has 1 aliphatic heterocycles. The quantitative estimate of drug-likeness (QED) is 0.804. The van der Waals surface area contributed by atoms with E-state index in [0.717, 1.165) is 5.56 Å². The Morgan fingerprint density at radius 1 is 1.08 bits per heavy atom. The Kier molecular flexibility index (Phi) is 6.07. The van der Waals surface area contributed by atoms with Gasteiger partial charge in [0.2, 0.25) is 0 Å². The van der Waals surface area contributed by atoms with Gasteiger partial charge in [0, 0.05) is 11.8 Å². The molecular weight excluding hydrogens is 328 g/mol. The molecule has 5 nitrogen and oxygen atoms in total. The second-order valence-electron chi connectivity index (χ2n) is 6.08. The van der Waals surface area contributed by atoms with Crippen molar-refractivity contribution in [3.05, 3.63) is 83.1 Å². The van der Waals surface area contributed by atoms with Crippen LogP contribution in [-0.4, -0.2) is 29.8 Å². The first-order valence-corrected chi connectivity index (χ1v) is 8.60. The van der Waals surface area contributed by atoms with Crippen LogP contribution in [0.2, 0.25) is 0 Å². The number of ether oxygens (including phenoxy) is 1. The minimum absolute atomic E-state index is 0.189. The molecule has 134 valence electrons. The highest BCUT2D eigenvalue weighted by atomic mass is 16.5. The molecule has 0 aliphatic carbocycles. The Morgan fingerprint density at radius 2 is 1.73 bits per heavy atom. The van der Waals surface area contributed by atoms with Crippen molar-refractivity contribution in [2.24, 2.45) is 10.7 Å². The van der Waals surface area contributed by atoms with Crippen molar-refractivity contribution in [1.82, 2.24) is 0 Å². The molecule has 0 saturated carbocycles. The van der Waals surface area contributed by atoms with E-state index in [-0.39, 0.29) is 5.78 Å². The SMILES string of the molecule is NCCC1=C(C(O)c2ccccc2)N=CC(OCc2ccccc2)C1=O. The highest BCUT2D eigenvalue weighted by molar-refractivity contribution is 6.10. The number of ketones is 1. The van der Waals surface area contributed by atoms with Gasteiger partial charge in [0.05, 0.1) is 12.3 Å². The van der Waals surface area contributed by atoms with Gasteiger partial charge >= 0.3 is 0 Å². The van der Waals surface area contributed by atoms with Crippen molar-refractivity contribution in [2.45, 2.75) is 25.2 Å². The predicted octanol–water partition coefficient (Wildman–Crippen LogP) is 2.56. The van der Waals surface area contributed by atoms with Crippen molar-refractivity contribution < 1.29 is 14.6 Å². The van der Waals surface area contributed by atoms with E-state index >= 15 is 0 Å². The number of carbonyl (C=O) groups is 1. The number of carbonyl (C=O) groups excluding carboxylic acids is 1. The number of hydrogen-bond acceptors (Lipinski definition) is 5. The summed E-state index contributed by atoms with van der Waals surface area (Å²) in [6, 6.07) is 18.8. The molecule has 1 heterocycles. The second-order valence-corrected chi connectivity index (χ2v) is 6.08. The smallest absolute Gasteiger partial charge is 0.195 e. The summed E-state index contributed by atoms with van der Waals surface area (Å²) in [7, 11) is 0. The summed E-state index contributed by atoms with van der Waals surface area (Å²) >= 11 is 0. The topological polar surface area (TPSA) is 84.9 Å². The monoisotopic (exact) mass is 350 g/mol. The van der Waals surface area contributed by atoms with Crippen LogP contribution in [0, 0.1) is 0 Å². The van der Waals surface area contributed by atoms with Gasteiger partial charge in [-0.05, 0) is 24.1 Å². The fourth-order valence-electron chi connectivity index (χ4n) is 2.89. The van der Waals surface area contributed by atoms with Gasteiger partial charge in [-0.2, -0.15) is 0 Å². The molecule has 0 bridgehead atoms. The molecule has 2 aromatic rings. The molecule has 0 spiro atoms. The fraction of sp³-hybridized carbons (Fsp3) is 0.238. The van der Waals surface area contributed by atoms with Gasteiger partial charge in [0.15, 0.2) is 11.9 Å². The van der Waals surface area contributed by atoms with Crippen LogP contribution in [0.25, 0.3) is 0 Å². The van der Waals surface area contributed by atoms with E-state index in [1.807, 2.05) is 48.5 Å². The highest BCUT2D eigenvalue weighted by Gasteiger charge is 2.30. The van der Waals surface area contributed by atoms with E-state index in [1.165, 1.54) is 6.21 Å². The van der Waals surface area contributed by atoms with Crippen molar-refractivity contribution in [3.8, 4) is 0 Å². The zero-order valence-corrected chi connectivity index (χ0v) is 14.4. The van der Waals surface area contributed by atoms with Crippen LogP contribution >= 0.6 is 0 Å². The molecule has 5 heteroatoms. The van der Waals surface area contributed by atoms with Gasteiger partial charge in [0.25, 0.3) is 0 Å². The maximum atomic E-state index is 12.8. The number of aliphatic imine (C=N–C) groups is 1. The summed E-state index contributed by atoms with van der Waals surface area (Å²) in [6.07, 6.45) is 0.0874. The normalized spacial score (nSPS) is 18.2. The van der Waals surface area contributed by atoms with Crippen LogP contribution in [0.4, 0.5) is 0 Å². The average Bonchev–Trinajstić information content (AvgIpc) is 2.69. The summed E-state index contributed by atoms with van der Waals surface area (Å²) in [5.41, 5.74) is 8.13. The van der Waals surface area contributed by atoms with E-state index < -0.39 is 12.2 Å². The Labute approximate surface area is 152 Å². The van der Waals surface area contributed by atoms with Crippen LogP contribution in [0.1, 0.15) is 23.7 Å². The first-order valence-electron chi connectivity index (χ1n) is 8.60. The molecule has 0 saturated heterocycles. The molecule has 2 aromatic carbocycles. The van der Waals surface area contributed by atoms with E-state index in [4.69, 9.17) is 10.5 Å². The van der Waals surface area contributed by atoms with Crippen molar-refractivity contribution in [2.75, 3.05) is 6.54 Å². The number of hydrogen-bond donors (Lipinski definition) is 2. The van der Waals surface area contributed by atoms with E-state index in [9.17, 15) is 9.90 Å². The largest absolute Gasteiger partial charge is 0.382 e. The summed E-state index contributed by atoms with van der Waals surface area (Å²) in [5, 5.41) is 10.6. The lowest BCUT2D eigenvalue weighted by Gasteiger charge is -2.23. The standard InChI is InChI=1S/C21H22N2O3/c22-12-11-17-19(20(24)16-9-5-2-6-10-16)23-13-18(21(17)25)26-14-15-7-3-1-4-8-15/h1-10,13,18,20,24H,11-12,14,22H2. The molecule has 26 heavy (non-hydrogen) atoms. The summed E-state index contributed by atoms with van der Waals surface area (Å²) < 4.78 is 5.74. The lowest BCUT2D eigenvalue weighted by molar-refractivity contribution is -0.123. The van der Waals surface area contributed by atoms with Crippen LogP contribution in [-0.2, 0) is 16.1 Å². The molecular formula is C21H22N2O3. The summed E-state index contributed by atoms with van der Waals surface area (Å²) in [5.74, 6) is -0.189. The molecule has 1 aliphatic rings. The Morgan fingerprint density at radius 3 is 2.38 bits per heavy atom. The van der Waals surface area contributed by atoms with E-state index in [1.54, 1.807) is 12.1 Å². The van der Waals surface area contributed by atoms with Crippen LogP contribution < -0.4 is 5.73 Å². The molecule has 0 amide bonds. The number of Topliss-reactive ketones (excluding diaryl/α,β-unsaturated/α-hetero) is 1. The van der Waals surface area contributed by atoms with Crippen LogP contribution in [0.15, 0.2) is 76.9 Å². The van der Waals surface area contributed by atoms with Gasteiger partial charge < -0.3 is 15.6 Å². The van der Waals surface area contributed by atoms with Crippen LogP contribution in [0.5, 0.6) is 0 Å². The minimum Gasteiger partial charge on any atom is -0.382 e. The number of rotatable bonds is 7. The molecule has 2 unspecified atom stereocenters. The summed E-state index contributed by atoms with van der Waals surface area (Å²) in [6.45, 7) is 0.614. The molecule has 0 radical (unpaired) electrons. The molecule has 0 aromatic heterocycles. The molecule has 3 N–H and O–H groups in total. The van der Waals surface area contributed by atoms with Gasteiger partial charge in [0.1, 0.15) is 6.10 Å². The maximum absolute atomic E-state index is 12.8. The molecule has 3 rings (SSSR count). The van der Waals surface area contributed by atoms with Gasteiger partial charge in [-0.25, -0.2) is 0 Å². The number of nitrogens with two attached hydrogens (primary N) is 1. The number of aliphatic hydroxyl groups is 1. The lowest BCUT2D eigenvalue weighted by atomic mass is 9.94. The fourth-order valence-corrected chi connectivity index (χ4v) is 2.89. The number of benzene rings is 2. The van der Waals surface area contributed by atoms with Crippen molar-refractivity contribution in [1.29, 1.82) is 0 Å². The minimum atomic E-state index is -0.965. The Hall–Kier alpha value is -2.60. The molecule has 2 atom stereocenters. The lowest BCUT2D eigenvalue weighted by Crippen LogP contribution is -2.32. The Balaban J connectivity index is 1.78. The van der Waals surface area contributed by atoms with E-state index in [2.05, 4.69) is 4.99 Å². The third-order valence-corrected chi connectivity index (χ3v) is 4.26. The zero-order valence-electron chi connectivity index (χ0n) is 14.4. The third-order valence-electron chi connectivity index (χ3n) is 4.26. The first kappa shape index (κ1) is 18.2. The first-order chi connectivity index (χ1) is 12.7.